The summed E-state index contributed by atoms with van der Waals surface area (Å²) < 4.78 is 13.1. The Kier molecular flexibility index (Phi) is 5.24. The van der Waals surface area contributed by atoms with Crippen LogP contribution in [0.25, 0.3) is 0 Å². The van der Waals surface area contributed by atoms with Gasteiger partial charge in [0.05, 0.1) is 6.20 Å². The zero-order chi connectivity index (χ0) is 14.4. The number of pyridine rings is 1. The Bertz CT molecular complexity index is 528. The Hall–Kier alpha value is -1.74. The molecule has 1 aromatic carbocycles. The van der Waals surface area contributed by atoms with E-state index in [1.807, 2.05) is 13.0 Å². The van der Waals surface area contributed by atoms with E-state index < -0.39 is 0 Å². The van der Waals surface area contributed by atoms with E-state index in [0.717, 1.165) is 18.4 Å². The van der Waals surface area contributed by atoms with Crippen LogP contribution in [0.3, 0.4) is 0 Å². The maximum absolute atomic E-state index is 13.1. The van der Waals surface area contributed by atoms with Crippen LogP contribution in [0.15, 0.2) is 48.8 Å². The lowest BCUT2D eigenvalue weighted by Gasteiger charge is -2.20. The molecule has 0 aliphatic rings. The van der Waals surface area contributed by atoms with Crippen LogP contribution in [0.2, 0.25) is 0 Å². The molecule has 106 valence electrons. The lowest BCUT2D eigenvalue weighted by molar-refractivity contribution is 0.454. The van der Waals surface area contributed by atoms with Crippen LogP contribution in [0.1, 0.15) is 37.4 Å². The fourth-order valence-corrected chi connectivity index (χ4v) is 2.30. The Morgan fingerprint density at radius 1 is 1.15 bits per heavy atom. The Morgan fingerprint density at radius 3 is 2.60 bits per heavy atom. The molecule has 2 unspecified atom stereocenters. The second-order valence-electron chi connectivity index (χ2n) is 5.25. The van der Waals surface area contributed by atoms with E-state index in [1.165, 1.54) is 17.8 Å². The molecule has 0 saturated carbocycles. The highest BCUT2D eigenvalue weighted by Gasteiger charge is 2.10. The second kappa shape index (κ2) is 7.15. The van der Waals surface area contributed by atoms with Crippen LogP contribution < -0.4 is 5.32 Å². The van der Waals surface area contributed by atoms with Crippen molar-refractivity contribution in [1.82, 2.24) is 10.3 Å². The van der Waals surface area contributed by atoms with Gasteiger partial charge in [-0.25, -0.2) is 4.39 Å². The van der Waals surface area contributed by atoms with Crippen LogP contribution in [-0.4, -0.2) is 11.0 Å². The average molecular weight is 272 g/mol. The summed E-state index contributed by atoms with van der Waals surface area (Å²) in [4.78, 5) is 3.89. The van der Waals surface area contributed by atoms with Crippen molar-refractivity contribution in [3.05, 3.63) is 65.7 Å². The van der Waals surface area contributed by atoms with Gasteiger partial charge in [-0.05, 0) is 43.9 Å². The molecule has 0 aliphatic carbocycles. The zero-order valence-electron chi connectivity index (χ0n) is 12.0. The molecule has 0 radical (unpaired) electrons. The van der Waals surface area contributed by atoms with Crippen LogP contribution in [-0.2, 0) is 6.42 Å². The van der Waals surface area contributed by atoms with Gasteiger partial charge in [0.15, 0.2) is 0 Å². The van der Waals surface area contributed by atoms with Crippen molar-refractivity contribution in [3.8, 4) is 0 Å². The summed E-state index contributed by atoms with van der Waals surface area (Å²) in [6, 6.07) is 12.5. The summed E-state index contributed by atoms with van der Waals surface area (Å²) in [6.45, 7) is 4.20. The maximum atomic E-state index is 13.1. The molecule has 2 atom stereocenters. The number of benzene rings is 1. The molecule has 3 heteroatoms. The maximum Gasteiger partial charge on any atom is 0.141 e. The fourth-order valence-electron chi connectivity index (χ4n) is 2.30. The van der Waals surface area contributed by atoms with E-state index in [-0.39, 0.29) is 11.9 Å². The van der Waals surface area contributed by atoms with Gasteiger partial charge in [-0.1, -0.05) is 30.3 Å². The first kappa shape index (κ1) is 14.7. The van der Waals surface area contributed by atoms with Gasteiger partial charge in [0, 0.05) is 18.3 Å². The summed E-state index contributed by atoms with van der Waals surface area (Å²) in [5.74, 6) is -0.284. The van der Waals surface area contributed by atoms with Crippen molar-refractivity contribution in [1.29, 1.82) is 0 Å². The third kappa shape index (κ3) is 4.42. The van der Waals surface area contributed by atoms with Crippen molar-refractivity contribution in [3.63, 3.8) is 0 Å². The number of nitrogens with zero attached hydrogens (tertiary/aromatic N) is 1. The molecule has 0 bridgehead atoms. The second-order valence-corrected chi connectivity index (χ2v) is 5.25. The van der Waals surface area contributed by atoms with Gasteiger partial charge >= 0.3 is 0 Å². The first-order valence-corrected chi connectivity index (χ1v) is 7.05. The van der Waals surface area contributed by atoms with Crippen LogP contribution in [0, 0.1) is 5.82 Å². The quantitative estimate of drug-likeness (QED) is 0.863. The monoisotopic (exact) mass is 272 g/mol. The SMILES string of the molecule is CC(CCc1ccccc1)NC(C)c1cncc(F)c1. The smallest absolute Gasteiger partial charge is 0.141 e. The van der Waals surface area contributed by atoms with E-state index in [9.17, 15) is 4.39 Å². The summed E-state index contributed by atoms with van der Waals surface area (Å²) in [7, 11) is 0. The summed E-state index contributed by atoms with van der Waals surface area (Å²) >= 11 is 0. The predicted octanol–water partition coefficient (Wildman–Crippen LogP) is 3.89. The van der Waals surface area contributed by atoms with Gasteiger partial charge in [-0.15, -0.1) is 0 Å². The third-order valence-electron chi connectivity index (χ3n) is 3.47. The first-order valence-electron chi connectivity index (χ1n) is 7.05. The Labute approximate surface area is 120 Å². The average Bonchev–Trinajstić information content (AvgIpc) is 2.46. The van der Waals surface area contributed by atoms with Crippen molar-refractivity contribution in [2.45, 2.75) is 38.8 Å². The predicted molar refractivity (Wildman–Crippen MR) is 80.0 cm³/mol. The molecule has 1 aromatic heterocycles. The molecule has 2 aromatic rings. The van der Waals surface area contributed by atoms with Crippen molar-refractivity contribution in [2.24, 2.45) is 0 Å². The number of aromatic nitrogens is 1. The number of hydrogen-bond acceptors (Lipinski definition) is 2. The summed E-state index contributed by atoms with van der Waals surface area (Å²) in [5, 5.41) is 3.49. The molecule has 1 N–H and O–H groups in total. The molecule has 0 amide bonds. The summed E-state index contributed by atoms with van der Waals surface area (Å²) in [6.07, 6.45) is 5.04. The highest BCUT2D eigenvalue weighted by atomic mass is 19.1. The largest absolute Gasteiger partial charge is 0.308 e. The molecular formula is C17H21FN2. The van der Waals surface area contributed by atoms with Crippen molar-refractivity contribution in [2.75, 3.05) is 0 Å². The molecule has 0 spiro atoms. The number of aryl methyl sites for hydroxylation is 1. The molecule has 0 saturated heterocycles. The minimum atomic E-state index is -0.284. The fraction of sp³-hybridized carbons (Fsp3) is 0.353. The Balaban J connectivity index is 1.83. The van der Waals surface area contributed by atoms with Crippen LogP contribution >= 0.6 is 0 Å². The number of hydrogen-bond donors (Lipinski definition) is 1. The zero-order valence-corrected chi connectivity index (χ0v) is 12.0. The molecule has 2 rings (SSSR count). The molecule has 0 aliphatic heterocycles. The van der Waals surface area contributed by atoms with Gasteiger partial charge in [0.25, 0.3) is 0 Å². The van der Waals surface area contributed by atoms with Crippen LogP contribution in [0.4, 0.5) is 4.39 Å². The minimum absolute atomic E-state index is 0.101. The standard InChI is InChI=1S/C17H21FN2/c1-13(8-9-15-6-4-3-5-7-15)20-14(2)16-10-17(18)12-19-11-16/h3-7,10-14,20H,8-9H2,1-2H3. The van der Waals surface area contributed by atoms with Crippen molar-refractivity contribution < 1.29 is 4.39 Å². The molecule has 2 nitrogen and oxygen atoms in total. The van der Waals surface area contributed by atoms with Gasteiger partial charge in [0.1, 0.15) is 5.82 Å². The Morgan fingerprint density at radius 2 is 1.90 bits per heavy atom. The van der Waals surface area contributed by atoms with E-state index in [0.29, 0.717) is 6.04 Å². The number of nitrogens with one attached hydrogen (secondary N) is 1. The summed E-state index contributed by atoms with van der Waals surface area (Å²) in [5.41, 5.74) is 2.23. The van der Waals surface area contributed by atoms with E-state index in [4.69, 9.17) is 0 Å². The van der Waals surface area contributed by atoms with Gasteiger partial charge in [-0.3, -0.25) is 4.98 Å². The van der Waals surface area contributed by atoms with E-state index in [2.05, 4.69) is 41.5 Å². The van der Waals surface area contributed by atoms with Crippen LogP contribution in [0.5, 0.6) is 0 Å². The number of rotatable bonds is 6. The highest BCUT2D eigenvalue weighted by Crippen LogP contribution is 2.14. The van der Waals surface area contributed by atoms with Gasteiger partial charge < -0.3 is 5.32 Å². The number of halogens is 1. The normalized spacial score (nSPS) is 13.9. The lowest BCUT2D eigenvalue weighted by Crippen LogP contribution is -2.29. The topological polar surface area (TPSA) is 24.9 Å². The van der Waals surface area contributed by atoms with E-state index in [1.54, 1.807) is 6.20 Å². The highest BCUT2D eigenvalue weighted by molar-refractivity contribution is 5.16. The molecular weight excluding hydrogens is 251 g/mol. The first-order chi connectivity index (χ1) is 9.65. The van der Waals surface area contributed by atoms with Gasteiger partial charge in [0.2, 0.25) is 0 Å². The molecule has 1 heterocycles. The minimum Gasteiger partial charge on any atom is -0.308 e. The van der Waals surface area contributed by atoms with Gasteiger partial charge in [-0.2, -0.15) is 0 Å². The van der Waals surface area contributed by atoms with Crippen molar-refractivity contribution >= 4 is 0 Å². The lowest BCUT2D eigenvalue weighted by atomic mass is 10.0. The molecule has 0 fully saturated rings. The molecule has 20 heavy (non-hydrogen) atoms. The third-order valence-corrected chi connectivity index (χ3v) is 3.47. The van der Waals surface area contributed by atoms with E-state index >= 15 is 0 Å².